The van der Waals surface area contributed by atoms with Crippen LogP contribution >= 0.6 is 0 Å². The first-order valence-corrected chi connectivity index (χ1v) is 11.9. The quantitative estimate of drug-likeness (QED) is 0.266. The van der Waals surface area contributed by atoms with Crippen LogP contribution < -0.4 is 25.4 Å². The van der Waals surface area contributed by atoms with Gasteiger partial charge in [-0.3, -0.25) is 5.32 Å². The molecule has 0 fully saturated rings. The largest absolute Gasteiger partial charge is 0.495 e. The molecule has 1 aromatic heterocycles. The Labute approximate surface area is 218 Å². The van der Waals surface area contributed by atoms with Gasteiger partial charge in [0.15, 0.2) is 0 Å². The van der Waals surface area contributed by atoms with Gasteiger partial charge in [0, 0.05) is 23.4 Å². The number of amides is 2. The van der Waals surface area contributed by atoms with Crippen molar-refractivity contribution in [1.82, 2.24) is 15.3 Å². The molecule has 0 saturated carbocycles. The molecular formula is C27H28F3N5O3. The van der Waals surface area contributed by atoms with E-state index in [0.29, 0.717) is 23.6 Å². The third-order valence-corrected chi connectivity index (χ3v) is 5.70. The smallest absolute Gasteiger partial charge is 0.416 e. The summed E-state index contributed by atoms with van der Waals surface area (Å²) >= 11 is 0. The second kappa shape index (κ2) is 10.6. The highest BCUT2D eigenvalue weighted by Gasteiger charge is 2.39. The Balaban J connectivity index is 1.71. The van der Waals surface area contributed by atoms with E-state index in [4.69, 9.17) is 9.47 Å². The molecule has 0 radical (unpaired) electrons. The zero-order valence-corrected chi connectivity index (χ0v) is 21.3. The van der Waals surface area contributed by atoms with Crippen molar-refractivity contribution in [2.24, 2.45) is 0 Å². The fourth-order valence-electron chi connectivity index (χ4n) is 4.11. The number of methoxy groups -OCH3 is 1. The Morgan fingerprint density at radius 2 is 1.87 bits per heavy atom. The van der Waals surface area contributed by atoms with Gasteiger partial charge in [-0.05, 0) is 57.0 Å². The predicted molar refractivity (Wildman–Crippen MR) is 137 cm³/mol. The van der Waals surface area contributed by atoms with Crippen molar-refractivity contribution in [3.05, 3.63) is 83.1 Å². The number of fused-ring (bicyclic) bond motifs is 1. The van der Waals surface area contributed by atoms with Crippen LogP contribution in [0.1, 0.15) is 36.2 Å². The minimum atomic E-state index is -4.60. The van der Waals surface area contributed by atoms with Gasteiger partial charge in [0.2, 0.25) is 17.6 Å². The molecule has 1 heterocycles. The SMILES string of the molecule is COc1ccc(C(F)(F)F)cc1NC(=O)NC1(Oc2cc(C)nc(NC(C)C)n2)C=CCc2ccccc21. The van der Waals surface area contributed by atoms with E-state index < -0.39 is 23.5 Å². The summed E-state index contributed by atoms with van der Waals surface area (Å²) in [6, 6.07) is 11.1. The molecule has 38 heavy (non-hydrogen) atoms. The average Bonchev–Trinajstić information content (AvgIpc) is 2.83. The van der Waals surface area contributed by atoms with Crippen molar-refractivity contribution in [1.29, 1.82) is 0 Å². The van der Waals surface area contributed by atoms with Crippen molar-refractivity contribution in [3.8, 4) is 11.6 Å². The third kappa shape index (κ3) is 5.99. The number of hydrogen-bond acceptors (Lipinski definition) is 6. The zero-order chi connectivity index (χ0) is 27.5. The Morgan fingerprint density at radius 1 is 1.11 bits per heavy atom. The summed E-state index contributed by atoms with van der Waals surface area (Å²) in [7, 11) is 1.30. The predicted octanol–water partition coefficient (Wildman–Crippen LogP) is 5.80. The van der Waals surface area contributed by atoms with Crippen LogP contribution in [0.2, 0.25) is 0 Å². The van der Waals surface area contributed by atoms with Gasteiger partial charge in [0.05, 0.1) is 18.4 Å². The number of rotatable bonds is 7. The van der Waals surface area contributed by atoms with Crippen LogP contribution in [0, 0.1) is 6.92 Å². The van der Waals surface area contributed by atoms with Gasteiger partial charge in [-0.25, -0.2) is 9.78 Å². The van der Waals surface area contributed by atoms with E-state index in [1.807, 2.05) is 44.2 Å². The molecule has 0 spiro atoms. The molecule has 0 bridgehead atoms. The number of benzene rings is 2. The molecule has 1 unspecified atom stereocenters. The lowest BCUT2D eigenvalue weighted by Crippen LogP contribution is -2.52. The molecule has 2 aromatic carbocycles. The molecule has 1 atom stereocenters. The number of carbonyl (C=O) groups is 1. The molecule has 8 nitrogen and oxygen atoms in total. The van der Waals surface area contributed by atoms with E-state index in [2.05, 4.69) is 25.9 Å². The van der Waals surface area contributed by atoms with Crippen molar-refractivity contribution in [2.75, 3.05) is 17.7 Å². The van der Waals surface area contributed by atoms with Gasteiger partial charge in [-0.1, -0.05) is 30.3 Å². The minimum Gasteiger partial charge on any atom is -0.495 e. The lowest BCUT2D eigenvalue weighted by atomic mass is 9.89. The number of hydrogen-bond donors (Lipinski definition) is 3. The molecular weight excluding hydrogens is 499 g/mol. The fourth-order valence-corrected chi connectivity index (χ4v) is 4.11. The summed E-state index contributed by atoms with van der Waals surface area (Å²) in [5.41, 5.74) is -0.390. The van der Waals surface area contributed by atoms with E-state index >= 15 is 0 Å². The maximum atomic E-state index is 13.3. The molecule has 1 aliphatic rings. The van der Waals surface area contributed by atoms with E-state index in [1.54, 1.807) is 19.1 Å². The van der Waals surface area contributed by atoms with E-state index in [1.165, 1.54) is 7.11 Å². The second-order valence-corrected chi connectivity index (χ2v) is 9.06. The number of nitrogens with zero attached hydrogens (tertiary/aromatic N) is 2. The highest BCUT2D eigenvalue weighted by Crippen LogP contribution is 2.36. The number of aryl methyl sites for hydroxylation is 1. The van der Waals surface area contributed by atoms with Crippen molar-refractivity contribution >= 4 is 17.7 Å². The summed E-state index contributed by atoms with van der Waals surface area (Å²) in [5, 5.41) is 8.41. The number of carbonyl (C=O) groups excluding carboxylic acids is 1. The van der Waals surface area contributed by atoms with Gasteiger partial charge in [-0.15, -0.1) is 0 Å². The summed E-state index contributed by atoms with van der Waals surface area (Å²) in [4.78, 5) is 22.1. The average molecular weight is 528 g/mol. The molecule has 4 rings (SSSR count). The Morgan fingerprint density at radius 3 is 2.58 bits per heavy atom. The van der Waals surface area contributed by atoms with Crippen molar-refractivity contribution in [3.63, 3.8) is 0 Å². The van der Waals surface area contributed by atoms with Gasteiger partial charge in [0.1, 0.15) is 5.75 Å². The first-order valence-electron chi connectivity index (χ1n) is 11.9. The fraction of sp³-hybridized carbons (Fsp3) is 0.296. The summed E-state index contributed by atoms with van der Waals surface area (Å²) < 4.78 is 51.4. The summed E-state index contributed by atoms with van der Waals surface area (Å²) in [6.07, 6.45) is -0.462. The second-order valence-electron chi connectivity index (χ2n) is 9.06. The number of halogens is 3. The number of anilines is 2. The Bertz CT molecular complexity index is 1360. The number of allylic oxidation sites excluding steroid dienone is 1. The maximum absolute atomic E-state index is 13.3. The van der Waals surface area contributed by atoms with Gasteiger partial charge in [-0.2, -0.15) is 18.2 Å². The van der Waals surface area contributed by atoms with E-state index in [0.717, 1.165) is 23.8 Å². The highest BCUT2D eigenvalue weighted by atomic mass is 19.4. The topological polar surface area (TPSA) is 97.4 Å². The third-order valence-electron chi connectivity index (χ3n) is 5.70. The molecule has 0 saturated heterocycles. The first-order chi connectivity index (χ1) is 18.0. The number of urea groups is 1. The standard InChI is InChI=1S/C27H28F3N5O3/c1-16(2)31-24-32-17(3)14-23(34-24)38-26(13-7-9-18-8-5-6-10-20(18)26)35-25(36)33-21-15-19(27(28,29)30)11-12-22(21)37-4/h5-8,10-16H,9H2,1-4H3,(H,31,32,34)(H2,33,35,36). The number of ether oxygens (including phenoxy) is 2. The lowest BCUT2D eigenvalue weighted by molar-refractivity contribution is -0.137. The van der Waals surface area contributed by atoms with Crippen molar-refractivity contribution in [2.45, 2.75) is 45.1 Å². The summed E-state index contributed by atoms with van der Waals surface area (Å²) in [6.45, 7) is 5.68. The lowest BCUT2D eigenvalue weighted by Gasteiger charge is -2.36. The van der Waals surface area contributed by atoms with Crippen LogP contribution in [-0.2, 0) is 18.3 Å². The normalized spacial score (nSPS) is 16.5. The number of alkyl halides is 3. The molecule has 11 heteroatoms. The van der Waals surface area contributed by atoms with Gasteiger partial charge < -0.3 is 20.1 Å². The number of aromatic nitrogens is 2. The van der Waals surface area contributed by atoms with Gasteiger partial charge >= 0.3 is 12.2 Å². The Kier molecular flexibility index (Phi) is 7.47. The van der Waals surface area contributed by atoms with Gasteiger partial charge in [0.25, 0.3) is 0 Å². The van der Waals surface area contributed by atoms with Crippen LogP contribution in [0.4, 0.5) is 29.6 Å². The van der Waals surface area contributed by atoms with E-state index in [-0.39, 0.29) is 23.4 Å². The maximum Gasteiger partial charge on any atom is 0.416 e. The highest BCUT2D eigenvalue weighted by molar-refractivity contribution is 5.92. The van der Waals surface area contributed by atoms with Crippen LogP contribution in [-0.4, -0.2) is 29.2 Å². The zero-order valence-electron chi connectivity index (χ0n) is 21.3. The van der Waals surface area contributed by atoms with Crippen LogP contribution in [0.3, 0.4) is 0 Å². The van der Waals surface area contributed by atoms with Crippen LogP contribution in [0.25, 0.3) is 0 Å². The van der Waals surface area contributed by atoms with E-state index in [9.17, 15) is 18.0 Å². The molecule has 3 aromatic rings. The minimum absolute atomic E-state index is 0.0681. The number of nitrogens with one attached hydrogen (secondary N) is 3. The van der Waals surface area contributed by atoms with Crippen LogP contribution in [0.15, 0.2) is 60.7 Å². The monoisotopic (exact) mass is 527 g/mol. The molecule has 1 aliphatic carbocycles. The first kappa shape index (κ1) is 26.8. The molecule has 3 N–H and O–H groups in total. The Hall–Kier alpha value is -4.28. The molecule has 0 aliphatic heterocycles. The van der Waals surface area contributed by atoms with Crippen LogP contribution in [0.5, 0.6) is 11.6 Å². The summed E-state index contributed by atoms with van der Waals surface area (Å²) in [5.74, 6) is 0.619. The van der Waals surface area contributed by atoms with Crippen molar-refractivity contribution < 1.29 is 27.4 Å². The molecule has 200 valence electrons. The molecule has 2 amide bonds.